The molecule has 10 heteroatoms. The number of morpholine rings is 1. The van der Waals surface area contributed by atoms with Gasteiger partial charge in [-0.05, 0) is 37.3 Å². The molecule has 1 saturated heterocycles. The third kappa shape index (κ3) is 5.39. The fraction of sp³-hybridized carbons (Fsp3) is 0.259. The molecule has 0 spiro atoms. The van der Waals surface area contributed by atoms with E-state index >= 15 is 0 Å². The van der Waals surface area contributed by atoms with Crippen molar-refractivity contribution in [1.82, 2.24) is 15.0 Å². The van der Waals surface area contributed by atoms with E-state index in [0.717, 1.165) is 11.3 Å². The van der Waals surface area contributed by atoms with Crippen LogP contribution in [0.2, 0.25) is 0 Å². The summed E-state index contributed by atoms with van der Waals surface area (Å²) in [7, 11) is 1.58. The van der Waals surface area contributed by atoms with Gasteiger partial charge in [0.1, 0.15) is 17.9 Å². The second kappa shape index (κ2) is 10.7. The molecular weight excluding hydrogens is 472 g/mol. The number of fused-ring (bicyclic) bond motifs is 1. The van der Waals surface area contributed by atoms with Crippen LogP contribution in [-0.2, 0) is 11.3 Å². The minimum Gasteiger partial charge on any atom is -0.493 e. The molecule has 0 bridgehead atoms. The van der Waals surface area contributed by atoms with Crippen LogP contribution in [0.15, 0.2) is 54.9 Å². The fourth-order valence-electron chi connectivity index (χ4n) is 4.13. The summed E-state index contributed by atoms with van der Waals surface area (Å²) in [5.74, 6) is 1.21. The summed E-state index contributed by atoms with van der Waals surface area (Å²) in [6.45, 7) is 4.95. The van der Waals surface area contributed by atoms with Crippen molar-refractivity contribution in [3.05, 3.63) is 71.7 Å². The number of benzene rings is 2. The molecule has 1 amide bonds. The van der Waals surface area contributed by atoms with Crippen molar-refractivity contribution in [2.45, 2.75) is 13.5 Å². The molecule has 5 rings (SSSR count). The monoisotopic (exact) mass is 500 g/mol. The van der Waals surface area contributed by atoms with E-state index in [4.69, 9.17) is 24.9 Å². The number of nitrogens with one attached hydrogen (secondary N) is 1. The number of nitrogens with zero attached hydrogens (tertiary/aromatic N) is 4. The molecule has 0 saturated carbocycles. The summed E-state index contributed by atoms with van der Waals surface area (Å²) in [6.07, 6.45) is 3.50. The first-order chi connectivity index (χ1) is 18.0. The zero-order valence-corrected chi connectivity index (χ0v) is 20.7. The Kier molecular flexibility index (Phi) is 7.00. The summed E-state index contributed by atoms with van der Waals surface area (Å²) in [6, 6.07) is 12.9. The third-order valence-electron chi connectivity index (χ3n) is 6.09. The average molecular weight is 501 g/mol. The van der Waals surface area contributed by atoms with Crippen LogP contribution in [0.5, 0.6) is 11.5 Å². The molecule has 2 aromatic heterocycles. The number of primary amides is 1. The Morgan fingerprint density at radius 1 is 1.08 bits per heavy atom. The molecule has 2 aromatic carbocycles. The summed E-state index contributed by atoms with van der Waals surface area (Å²) in [4.78, 5) is 28.2. The molecule has 4 aromatic rings. The minimum absolute atomic E-state index is 0.270. The van der Waals surface area contributed by atoms with Crippen molar-refractivity contribution in [3.63, 3.8) is 0 Å². The van der Waals surface area contributed by atoms with Crippen molar-refractivity contribution in [1.29, 1.82) is 0 Å². The lowest BCUT2D eigenvalue weighted by Crippen LogP contribution is -2.36. The Morgan fingerprint density at radius 3 is 2.65 bits per heavy atom. The van der Waals surface area contributed by atoms with Gasteiger partial charge < -0.3 is 30.2 Å². The number of nitrogens with two attached hydrogens (primary N) is 1. The van der Waals surface area contributed by atoms with Crippen LogP contribution in [0.4, 0.5) is 17.2 Å². The van der Waals surface area contributed by atoms with E-state index in [9.17, 15) is 4.79 Å². The average Bonchev–Trinajstić information content (AvgIpc) is 2.93. The smallest absolute Gasteiger partial charge is 0.253 e. The molecule has 0 unspecified atom stereocenters. The molecule has 190 valence electrons. The Bertz CT molecular complexity index is 1420. The summed E-state index contributed by atoms with van der Waals surface area (Å²) in [5, 5.41) is 3.28. The largest absolute Gasteiger partial charge is 0.493 e. The maximum atomic E-state index is 12.6. The van der Waals surface area contributed by atoms with Crippen molar-refractivity contribution in [2.75, 3.05) is 43.6 Å². The van der Waals surface area contributed by atoms with Crippen LogP contribution in [0, 0.1) is 6.92 Å². The van der Waals surface area contributed by atoms with Crippen molar-refractivity contribution >= 4 is 34.1 Å². The molecule has 10 nitrogen and oxygen atoms in total. The van der Waals surface area contributed by atoms with E-state index < -0.39 is 5.91 Å². The van der Waals surface area contributed by atoms with Gasteiger partial charge in [-0.3, -0.25) is 14.8 Å². The second-order valence-electron chi connectivity index (χ2n) is 8.63. The quantitative estimate of drug-likeness (QED) is 0.373. The third-order valence-corrected chi connectivity index (χ3v) is 6.09. The van der Waals surface area contributed by atoms with Gasteiger partial charge in [-0.1, -0.05) is 6.07 Å². The maximum absolute atomic E-state index is 12.6. The van der Waals surface area contributed by atoms with E-state index in [0.29, 0.717) is 72.6 Å². The van der Waals surface area contributed by atoms with Crippen molar-refractivity contribution < 1.29 is 19.0 Å². The lowest BCUT2D eigenvalue weighted by Gasteiger charge is -2.27. The molecule has 3 heterocycles. The van der Waals surface area contributed by atoms with E-state index in [-0.39, 0.29) is 5.56 Å². The Balaban J connectivity index is 1.41. The predicted octanol–water partition coefficient (Wildman–Crippen LogP) is 3.60. The van der Waals surface area contributed by atoms with Gasteiger partial charge in [0.05, 0.1) is 43.3 Å². The van der Waals surface area contributed by atoms with Crippen molar-refractivity contribution in [3.8, 4) is 11.5 Å². The van der Waals surface area contributed by atoms with Crippen LogP contribution >= 0.6 is 0 Å². The molecule has 0 aliphatic carbocycles. The number of carbonyl (C=O) groups is 1. The van der Waals surface area contributed by atoms with Gasteiger partial charge in [0.15, 0.2) is 11.5 Å². The molecular formula is C27H28N6O4. The molecule has 0 radical (unpaired) electrons. The number of rotatable bonds is 8. The van der Waals surface area contributed by atoms with Crippen LogP contribution in [0.25, 0.3) is 11.0 Å². The van der Waals surface area contributed by atoms with Crippen LogP contribution in [0.1, 0.15) is 21.6 Å². The predicted molar refractivity (Wildman–Crippen MR) is 141 cm³/mol. The first-order valence-electron chi connectivity index (χ1n) is 11.9. The van der Waals surface area contributed by atoms with Gasteiger partial charge in [0, 0.05) is 42.3 Å². The standard InChI is InChI=1S/C27H28N6O4/c1-17-3-4-18(14-29-17)16-37-22-8-5-19(13-23(22)35-2)31-20-6-7-21-26(25(20)27(28)34)32-24(15-30-21)33-9-11-36-12-10-33/h3-8,13-15,31H,9-12,16H2,1-2H3,(H2,28,34). The van der Waals surface area contributed by atoms with Gasteiger partial charge in [0.25, 0.3) is 5.91 Å². The molecule has 0 atom stereocenters. The Hall–Kier alpha value is -4.44. The maximum Gasteiger partial charge on any atom is 0.253 e. The number of ether oxygens (including phenoxy) is 3. The highest BCUT2D eigenvalue weighted by molar-refractivity contribution is 6.09. The molecule has 1 aliphatic rings. The van der Waals surface area contributed by atoms with Gasteiger partial charge in [0.2, 0.25) is 0 Å². The fourth-order valence-corrected chi connectivity index (χ4v) is 4.13. The molecule has 1 fully saturated rings. The SMILES string of the molecule is COc1cc(Nc2ccc3ncc(N4CCOCC4)nc3c2C(N)=O)ccc1OCc1ccc(C)nc1. The van der Waals surface area contributed by atoms with E-state index in [1.54, 1.807) is 31.6 Å². The van der Waals surface area contributed by atoms with Gasteiger partial charge in [-0.2, -0.15) is 0 Å². The summed E-state index contributed by atoms with van der Waals surface area (Å²) < 4.78 is 16.9. The van der Waals surface area contributed by atoms with Crippen LogP contribution < -0.4 is 25.4 Å². The number of anilines is 3. The molecule has 37 heavy (non-hydrogen) atoms. The number of aromatic nitrogens is 3. The lowest BCUT2D eigenvalue weighted by atomic mass is 10.1. The van der Waals surface area contributed by atoms with Gasteiger partial charge >= 0.3 is 0 Å². The highest BCUT2D eigenvalue weighted by atomic mass is 16.5. The number of hydrogen-bond donors (Lipinski definition) is 2. The highest BCUT2D eigenvalue weighted by Gasteiger charge is 2.19. The number of methoxy groups -OCH3 is 1. The number of carbonyl (C=O) groups excluding carboxylic acids is 1. The highest BCUT2D eigenvalue weighted by Crippen LogP contribution is 2.34. The zero-order chi connectivity index (χ0) is 25.8. The van der Waals surface area contributed by atoms with Crippen LogP contribution in [-0.4, -0.2) is 54.3 Å². The van der Waals surface area contributed by atoms with Crippen molar-refractivity contribution in [2.24, 2.45) is 5.73 Å². The summed E-state index contributed by atoms with van der Waals surface area (Å²) in [5.41, 5.74) is 10.2. The second-order valence-corrected chi connectivity index (χ2v) is 8.63. The van der Waals surface area contributed by atoms with E-state index in [1.165, 1.54) is 0 Å². The van der Waals surface area contributed by atoms with E-state index in [2.05, 4.69) is 20.2 Å². The number of aryl methyl sites for hydroxylation is 1. The number of hydrogen-bond acceptors (Lipinski definition) is 9. The Labute approximate surface area is 214 Å². The summed E-state index contributed by atoms with van der Waals surface area (Å²) >= 11 is 0. The number of amides is 1. The first kappa shape index (κ1) is 24.3. The molecule has 3 N–H and O–H groups in total. The number of pyridine rings is 1. The van der Waals surface area contributed by atoms with E-state index in [1.807, 2.05) is 37.3 Å². The first-order valence-corrected chi connectivity index (χ1v) is 11.9. The topological polar surface area (TPSA) is 125 Å². The lowest BCUT2D eigenvalue weighted by molar-refractivity contribution is 0.100. The van der Waals surface area contributed by atoms with Crippen LogP contribution in [0.3, 0.4) is 0 Å². The minimum atomic E-state index is -0.597. The van der Waals surface area contributed by atoms with Gasteiger partial charge in [-0.15, -0.1) is 0 Å². The molecule has 1 aliphatic heterocycles. The van der Waals surface area contributed by atoms with Gasteiger partial charge in [-0.25, -0.2) is 4.98 Å². The zero-order valence-electron chi connectivity index (χ0n) is 20.7. The Morgan fingerprint density at radius 2 is 1.92 bits per heavy atom. The normalized spacial score (nSPS) is 13.4.